The number of hydrogen-bond acceptors (Lipinski definition) is 4. The van der Waals surface area contributed by atoms with Gasteiger partial charge in [0.15, 0.2) is 0 Å². The number of fused-ring (bicyclic) bond motifs is 1. The van der Waals surface area contributed by atoms with Crippen LogP contribution in [0, 0.1) is 0 Å². The average molecular weight is 316 g/mol. The van der Waals surface area contributed by atoms with Gasteiger partial charge >= 0.3 is 0 Å². The molecule has 0 aliphatic heterocycles. The first-order valence-electron chi connectivity index (χ1n) is 5.64. The molecule has 0 heterocycles. The normalized spacial score (nSPS) is 12.8. The minimum atomic E-state index is -4.39. The Hall–Kier alpha value is -1.48. The minimum Gasteiger partial charge on any atom is -0.282 e. The lowest BCUT2D eigenvalue weighted by atomic mass is 10.0. The van der Waals surface area contributed by atoms with Crippen LogP contribution in [0.4, 0.5) is 0 Å². The van der Waals surface area contributed by atoms with Crippen LogP contribution in [0.3, 0.4) is 0 Å². The van der Waals surface area contributed by atoms with Crippen LogP contribution in [0.2, 0.25) is 0 Å². The van der Waals surface area contributed by atoms with Gasteiger partial charge in [0, 0.05) is 0 Å². The molecule has 2 aromatic carbocycles. The third kappa shape index (κ3) is 2.83. The van der Waals surface area contributed by atoms with E-state index in [1.54, 1.807) is 6.92 Å². The van der Waals surface area contributed by atoms with Crippen molar-refractivity contribution in [3.8, 4) is 0 Å². The van der Waals surface area contributed by atoms with Gasteiger partial charge in [0.2, 0.25) is 0 Å². The minimum absolute atomic E-state index is 0.311. The van der Waals surface area contributed by atoms with Gasteiger partial charge in [-0.25, -0.2) is 0 Å². The summed E-state index contributed by atoms with van der Waals surface area (Å²) in [5.74, 6) is 0. The van der Waals surface area contributed by atoms with Gasteiger partial charge in [-0.15, -0.1) is 0 Å². The summed E-state index contributed by atoms with van der Waals surface area (Å²) in [5, 5.41) is 0.972. The smallest absolute Gasteiger partial charge is 0.282 e. The third-order valence-corrected chi connectivity index (χ3v) is 4.64. The zero-order chi connectivity index (χ0) is 15.1. The van der Waals surface area contributed by atoms with Gasteiger partial charge in [0.1, 0.15) is 0 Å². The van der Waals surface area contributed by atoms with E-state index in [4.69, 9.17) is 9.11 Å². The Balaban J connectivity index is 2.87. The molecule has 0 bridgehead atoms. The Morgan fingerprint density at radius 1 is 0.900 bits per heavy atom. The van der Waals surface area contributed by atoms with E-state index in [0.717, 1.165) is 0 Å². The maximum Gasteiger partial charge on any atom is 0.294 e. The number of rotatable bonds is 3. The molecule has 0 atom stereocenters. The zero-order valence-corrected chi connectivity index (χ0v) is 12.1. The van der Waals surface area contributed by atoms with Crippen molar-refractivity contribution in [2.45, 2.75) is 23.1 Å². The predicted molar refractivity (Wildman–Crippen MR) is 73.0 cm³/mol. The van der Waals surface area contributed by atoms with E-state index in [2.05, 4.69) is 0 Å². The fourth-order valence-corrected chi connectivity index (χ4v) is 3.08. The van der Waals surface area contributed by atoms with E-state index in [0.29, 0.717) is 22.8 Å². The highest BCUT2D eigenvalue weighted by Gasteiger charge is 2.15. The SMILES string of the molecule is CCc1cc(S(=O)(=O)O)cc2cc(S(=O)(=O)O)ccc12. The summed E-state index contributed by atoms with van der Waals surface area (Å²) in [6.45, 7) is 1.80. The summed E-state index contributed by atoms with van der Waals surface area (Å²) < 4.78 is 62.7. The Labute approximate surface area is 116 Å². The molecule has 0 fully saturated rings. The van der Waals surface area contributed by atoms with E-state index >= 15 is 0 Å². The monoisotopic (exact) mass is 316 g/mol. The average Bonchev–Trinajstić information content (AvgIpc) is 2.34. The topological polar surface area (TPSA) is 109 Å². The summed E-state index contributed by atoms with van der Waals surface area (Å²) in [5.41, 5.74) is 0.650. The zero-order valence-electron chi connectivity index (χ0n) is 10.4. The van der Waals surface area contributed by atoms with Crippen molar-refractivity contribution >= 4 is 31.0 Å². The summed E-state index contributed by atoms with van der Waals surface area (Å²) >= 11 is 0. The number of benzene rings is 2. The van der Waals surface area contributed by atoms with Crippen LogP contribution < -0.4 is 0 Å². The second-order valence-corrected chi connectivity index (χ2v) is 7.11. The first kappa shape index (κ1) is 14.9. The molecule has 108 valence electrons. The lowest BCUT2D eigenvalue weighted by Crippen LogP contribution is -2.01. The van der Waals surface area contributed by atoms with Gasteiger partial charge in [0.05, 0.1) is 9.79 Å². The van der Waals surface area contributed by atoms with Gasteiger partial charge < -0.3 is 0 Å². The van der Waals surface area contributed by atoms with Crippen LogP contribution >= 0.6 is 0 Å². The molecule has 0 saturated carbocycles. The molecular weight excluding hydrogens is 304 g/mol. The quantitative estimate of drug-likeness (QED) is 0.837. The van der Waals surface area contributed by atoms with Crippen molar-refractivity contribution in [3.05, 3.63) is 35.9 Å². The van der Waals surface area contributed by atoms with Gasteiger partial charge in [-0.2, -0.15) is 16.8 Å². The molecule has 2 N–H and O–H groups in total. The Morgan fingerprint density at radius 3 is 1.95 bits per heavy atom. The summed E-state index contributed by atoms with van der Waals surface area (Å²) in [4.78, 5) is -0.645. The van der Waals surface area contributed by atoms with Crippen molar-refractivity contribution in [1.82, 2.24) is 0 Å². The van der Waals surface area contributed by atoms with Crippen LogP contribution in [-0.4, -0.2) is 25.9 Å². The molecule has 0 unspecified atom stereocenters. The molecule has 0 radical (unpaired) electrons. The lowest BCUT2D eigenvalue weighted by molar-refractivity contribution is 0.481. The summed E-state index contributed by atoms with van der Waals surface area (Å²) in [6, 6.07) is 6.40. The van der Waals surface area contributed by atoms with Crippen molar-refractivity contribution in [1.29, 1.82) is 0 Å². The second kappa shape index (κ2) is 4.81. The van der Waals surface area contributed by atoms with E-state index < -0.39 is 20.2 Å². The van der Waals surface area contributed by atoms with Crippen LogP contribution in [0.5, 0.6) is 0 Å². The maximum atomic E-state index is 11.2. The van der Waals surface area contributed by atoms with E-state index in [9.17, 15) is 16.8 Å². The molecule has 0 aliphatic carbocycles. The molecule has 0 amide bonds. The van der Waals surface area contributed by atoms with Crippen molar-refractivity contribution in [3.63, 3.8) is 0 Å². The molecule has 0 saturated heterocycles. The largest absolute Gasteiger partial charge is 0.294 e. The fourth-order valence-electron chi connectivity index (χ4n) is 2.00. The fraction of sp³-hybridized carbons (Fsp3) is 0.167. The first-order chi connectivity index (χ1) is 9.13. The molecule has 0 spiro atoms. The highest BCUT2D eigenvalue weighted by atomic mass is 32.2. The Morgan fingerprint density at radius 2 is 1.45 bits per heavy atom. The molecule has 0 aromatic heterocycles. The second-order valence-electron chi connectivity index (χ2n) is 4.27. The van der Waals surface area contributed by atoms with Crippen LogP contribution in [0.25, 0.3) is 10.8 Å². The lowest BCUT2D eigenvalue weighted by Gasteiger charge is -2.08. The highest BCUT2D eigenvalue weighted by Crippen LogP contribution is 2.26. The predicted octanol–water partition coefficient (Wildman–Crippen LogP) is 1.90. The van der Waals surface area contributed by atoms with Crippen molar-refractivity contribution < 1.29 is 25.9 Å². The number of aryl methyl sites for hydroxylation is 1. The standard InChI is InChI=1S/C12H12O6S2/c1-2-8-5-11(20(16,17)18)7-9-6-10(19(13,14)15)3-4-12(8)9/h3-7H,2H2,1H3,(H,13,14,15)(H,16,17,18). The van der Waals surface area contributed by atoms with E-state index in [1.807, 2.05) is 0 Å². The van der Waals surface area contributed by atoms with Gasteiger partial charge in [-0.1, -0.05) is 13.0 Å². The van der Waals surface area contributed by atoms with Crippen LogP contribution in [0.15, 0.2) is 40.1 Å². The highest BCUT2D eigenvalue weighted by molar-refractivity contribution is 7.86. The van der Waals surface area contributed by atoms with Crippen LogP contribution in [-0.2, 0) is 26.7 Å². The summed E-state index contributed by atoms with van der Waals surface area (Å²) in [6.07, 6.45) is 0.505. The number of hydrogen-bond donors (Lipinski definition) is 2. The molecule has 2 rings (SSSR count). The first-order valence-corrected chi connectivity index (χ1v) is 8.52. The Bertz CT molecular complexity index is 876. The Kier molecular flexibility index (Phi) is 3.59. The van der Waals surface area contributed by atoms with E-state index in [1.165, 1.54) is 30.3 Å². The third-order valence-electron chi connectivity index (χ3n) is 2.96. The molecule has 6 nitrogen and oxygen atoms in total. The molecule has 0 aliphatic rings. The van der Waals surface area contributed by atoms with Crippen molar-refractivity contribution in [2.75, 3.05) is 0 Å². The van der Waals surface area contributed by atoms with Crippen molar-refractivity contribution in [2.24, 2.45) is 0 Å². The van der Waals surface area contributed by atoms with Crippen LogP contribution in [0.1, 0.15) is 12.5 Å². The van der Waals surface area contributed by atoms with E-state index in [-0.39, 0.29) is 9.79 Å². The summed E-state index contributed by atoms with van der Waals surface area (Å²) in [7, 11) is -8.76. The molecule has 8 heteroatoms. The molecule has 20 heavy (non-hydrogen) atoms. The van der Waals surface area contributed by atoms with Gasteiger partial charge in [-0.05, 0) is 47.0 Å². The van der Waals surface area contributed by atoms with Gasteiger partial charge in [0.25, 0.3) is 20.2 Å². The maximum absolute atomic E-state index is 11.2. The molecule has 2 aromatic rings. The van der Waals surface area contributed by atoms with Gasteiger partial charge in [-0.3, -0.25) is 9.11 Å². The molecular formula is C12H12O6S2.